The van der Waals surface area contributed by atoms with Gasteiger partial charge in [-0.3, -0.25) is 4.68 Å². The van der Waals surface area contributed by atoms with E-state index in [-0.39, 0.29) is 0 Å². The summed E-state index contributed by atoms with van der Waals surface area (Å²) >= 11 is 0. The summed E-state index contributed by atoms with van der Waals surface area (Å²) in [6.07, 6.45) is 5.28. The van der Waals surface area contributed by atoms with Crippen molar-refractivity contribution in [3.63, 3.8) is 0 Å². The lowest BCUT2D eigenvalue weighted by Gasteiger charge is -2.17. The van der Waals surface area contributed by atoms with Crippen LogP contribution in [0.1, 0.15) is 5.56 Å². The van der Waals surface area contributed by atoms with E-state index >= 15 is 0 Å². The minimum absolute atomic E-state index is 0.591. The van der Waals surface area contributed by atoms with Crippen molar-refractivity contribution in [2.75, 3.05) is 17.4 Å². The zero-order valence-electron chi connectivity index (χ0n) is 9.83. The number of nitrogens with zero attached hydrogens (tertiary/aromatic N) is 5. The van der Waals surface area contributed by atoms with E-state index in [1.807, 2.05) is 31.4 Å². The molecule has 0 atom stereocenters. The maximum Gasteiger partial charge on any atom is 0.145 e. The molecule has 0 saturated carbocycles. The van der Waals surface area contributed by atoms with E-state index in [0.29, 0.717) is 5.82 Å². The highest BCUT2D eigenvalue weighted by Gasteiger charge is 2.06. The quantitative estimate of drug-likeness (QED) is 0.577. The van der Waals surface area contributed by atoms with Crippen LogP contribution in [-0.4, -0.2) is 26.8 Å². The Morgan fingerprint density at radius 2 is 2.29 bits per heavy atom. The van der Waals surface area contributed by atoms with Gasteiger partial charge in [0.2, 0.25) is 0 Å². The number of rotatable bonds is 4. The van der Waals surface area contributed by atoms with Crippen LogP contribution in [0.5, 0.6) is 0 Å². The van der Waals surface area contributed by atoms with Crippen molar-refractivity contribution in [2.45, 2.75) is 6.54 Å². The van der Waals surface area contributed by atoms with Crippen molar-refractivity contribution >= 4 is 11.6 Å². The Hall–Kier alpha value is -2.15. The molecule has 2 aromatic rings. The lowest BCUT2D eigenvalue weighted by atomic mass is 10.3. The van der Waals surface area contributed by atoms with E-state index in [0.717, 1.165) is 17.9 Å². The molecule has 0 aromatic carbocycles. The van der Waals surface area contributed by atoms with Gasteiger partial charge >= 0.3 is 0 Å². The number of nitrogens with one attached hydrogen (secondary N) is 1. The molecule has 0 aliphatic rings. The highest BCUT2D eigenvalue weighted by atomic mass is 15.3. The largest absolute Gasteiger partial charge is 0.355 e. The number of hydrazine groups is 1. The van der Waals surface area contributed by atoms with E-state index in [1.54, 1.807) is 10.7 Å². The van der Waals surface area contributed by atoms with Gasteiger partial charge in [0, 0.05) is 38.5 Å². The van der Waals surface area contributed by atoms with Gasteiger partial charge in [0.05, 0.1) is 6.20 Å². The molecule has 2 rings (SSSR count). The summed E-state index contributed by atoms with van der Waals surface area (Å²) < 4.78 is 1.77. The number of hydrogen-bond acceptors (Lipinski definition) is 6. The maximum absolute atomic E-state index is 5.30. The second kappa shape index (κ2) is 4.79. The van der Waals surface area contributed by atoms with Crippen molar-refractivity contribution < 1.29 is 0 Å². The first-order valence-electron chi connectivity index (χ1n) is 5.16. The Bertz CT molecular complexity index is 493. The number of aryl methyl sites for hydroxylation is 1. The summed E-state index contributed by atoms with van der Waals surface area (Å²) in [4.78, 5) is 10.1. The molecule has 0 amide bonds. The molecule has 2 aromatic heterocycles. The average molecular weight is 233 g/mol. The first kappa shape index (κ1) is 11.3. The monoisotopic (exact) mass is 233 g/mol. The summed E-state index contributed by atoms with van der Waals surface area (Å²) in [5.41, 5.74) is 3.62. The zero-order valence-corrected chi connectivity index (χ0v) is 9.83. The fraction of sp³-hybridized carbons (Fsp3) is 0.300. The Labute approximate surface area is 99.2 Å². The molecule has 2 heterocycles. The average Bonchev–Trinajstić information content (AvgIpc) is 2.75. The fourth-order valence-electron chi connectivity index (χ4n) is 1.54. The summed E-state index contributed by atoms with van der Waals surface area (Å²) in [6, 6.07) is 1.79. The number of nitrogen functional groups attached to an aromatic ring is 1. The Morgan fingerprint density at radius 1 is 1.47 bits per heavy atom. The first-order chi connectivity index (χ1) is 8.19. The zero-order chi connectivity index (χ0) is 12.3. The van der Waals surface area contributed by atoms with Crippen molar-refractivity contribution in [2.24, 2.45) is 12.9 Å². The summed E-state index contributed by atoms with van der Waals surface area (Å²) in [5, 5.41) is 4.12. The van der Waals surface area contributed by atoms with Crippen LogP contribution >= 0.6 is 0 Å². The van der Waals surface area contributed by atoms with Crippen molar-refractivity contribution in [1.82, 2.24) is 19.7 Å². The molecule has 17 heavy (non-hydrogen) atoms. The lowest BCUT2D eigenvalue weighted by Crippen LogP contribution is -2.18. The molecule has 0 bridgehead atoms. The molecule has 0 aliphatic carbocycles. The smallest absolute Gasteiger partial charge is 0.145 e. The van der Waals surface area contributed by atoms with Crippen molar-refractivity contribution in [3.8, 4) is 0 Å². The normalized spacial score (nSPS) is 10.3. The van der Waals surface area contributed by atoms with Crippen LogP contribution in [-0.2, 0) is 13.6 Å². The van der Waals surface area contributed by atoms with Crippen molar-refractivity contribution in [3.05, 3.63) is 30.4 Å². The highest BCUT2D eigenvalue weighted by molar-refractivity contribution is 5.47. The van der Waals surface area contributed by atoms with E-state index in [4.69, 9.17) is 5.84 Å². The molecule has 7 heteroatoms. The molecule has 90 valence electrons. The number of aromatic nitrogens is 4. The SMILES string of the molecule is CN(Cc1cnn(C)c1)c1cc(NN)ncn1. The van der Waals surface area contributed by atoms with Crippen molar-refractivity contribution in [1.29, 1.82) is 0 Å². The van der Waals surface area contributed by atoms with Crippen LogP contribution in [0.25, 0.3) is 0 Å². The third-order valence-electron chi connectivity index (χ3n) is 2.37. The van der Waals surface area contributed by atoms with E-state index in [2.05, 4.69) is 20.5 Å². The first-order valence-corrected chi connectivity index (χ1v) is 5.16. The third kappa shape index (κ3) is 2.70. The molecule has 0 radical (unpaired) electrons. The fourth-order valence-corrected chi connectivity index (χ4v) is 1.54. The van der Waals surface area contributed by atoms with Crippen LogP contribution in [0, 0.1) is 0 Å². The predicted octanol–water partition coefficient (Wildman–Crippen LogP) is 0.132. The van der Waals surface area contributed by atoms with Crippen LogP contribution in [0.3, 0.4) is 0 Å². The van der Waals surface area contributed by atoms with Crippen LogP contribution in [0.2, 0.25) is 0 Å². The number of nitrogens with two attached hydrogens (primary N) is 1. The van der Waals surface area contributed by atoms with Gasteiger partial charge in [-0.1, -0.05) is 0 Å². The van der Waals surface area contributed by atoms with Gasteiger partial charge in [0.1, 0.15) is 18.0 Å². The van der Waals surface area contributed by atoms with Gasteiger partial charge in [0.15, 0.2) is 0 Å². The third-order valence-corrected chi connectivity index (χ3v) is 2.37. The topological polar surface area (TPSA) is 84.9 Å². The van der Waals surface area contributed by atoms with Gasteiger partial charge in [-0.25, -0.2) is 15.8 Å². The maximum atomic E-state index is 5.30. The molecule has 3 N–H and O–H groups in total. The second-order valence-electron chi connectivity index (χ2n) is 3.78. The molecule has 7 nitrogen and oxygen atoms in total. The Balaban J connectivity index is 2.11. The van der Waals surface area contributed by atoms with Crippen LogP contribution < -0.4 is 16.2 Å². The second-order valence-corrected chi connectivity index (χ2v) is 3.78. The predicted molar refractivity (Wildman–Crippen MR) is 65.2 cm³/mol. The van der Waals surface area contributed by atoms with E-state index < -0.39 is 0 Å². The molecule has 0 aliphatic heterocycles. The molecule has 0 fully saturated rings. The van der Waals surface area contributed by atoms with E-state index in [9.17, 15) is 0 Å². The minimum Gasteiger partial charge on any atom is -0.355 e. The minimum atomic E-state index is 0.591. The highest BCUT2D eigenvalue weighted by Crippen LogP contribution is 2.14. The van der Waals surface area contributed by atoms with Gasteiger partial charge in [0.25, 0.3) is 0 Å². The molecular weight excluding hydrogens is 218 g/mol. The van der Waals surface area contributed by atoms with Gasteiger partial charge < -0.3 is 10.3 Å². The molecule has 0 unspecified atom stereocenters. The van der Waals surface area contributed by atoms with E-state index in [1.165, 1.54) is 6.33 Å². The molecule has 0 spiro atoms. The number of hydrogen-bond donors (Lipinski definition) is 2. The summed E-state index contributed by atoms with van der Waals surface area (Å²) in [6.45, 7) is 0.731. The van der Waals surface area contributed by atoms with Gasteiger partial charge in [-0.2, -0.15) is 5.10 Å². The summed E-state index contributed by atoms with van der Waals surface area (Å²) in [5.74, 6) is 6.70. The Morgan fingerprint density at radius 3 is 2.94 bits per heavy atom. The van der Waals surface area contributed by atoms with Gasteiger partial charge in [-0.05, 0) is 0 Å². The summed E-state index contributed by atoms with van der Waals surface area (Å²) in [7, 11) is 3.85. The number of anilines is 2. The lowest BCUT2D eigenvalue weighted by molar-refractivity contribution is 0.766. The van der Waals surface area contributed by atoms with Crippen LogP contribution in [0.15, 0.2) is 24.8 Å². The standard InChI is InChI=1S/C10H15N7/c1-16(5-8-4-14-17(2)6-8)10-3-9(15-11)12-7-13-10/h3-4,6-7H,5,11H2,1-2H3,(H,12,13,15). The van der Waals surface area contributed by atoms with Crippen LogP contribution in [0.4, 0.5) is 11.6 Å². The molecule has 0 saturated heterocycles. The van der Waals surface area contributed by atoms with Gasteiger partial charge in [-0.15, -0.1) is 0 Å². The molecular formula is C10H15N7. The Kier molecular flexibility index (Phi) is 3.20.